The van der Waals surface area contributed by atoms with Crippen molar-refractivity contribution < 1.29 is 4.92 Å². The van der Waals surface area contributed by atoms with Crippen LogP contribution in [0.5, 0.6) is 0 Å². The van der Waals surface area contributed by atoms with Crippen LogP contribution in [0.3, 0.4) is 0 Å². The Bertz CT molecular complexity index is 587. The minimum absolute atomic E-state index is 0.102. The Hall–Kier alpha value is -1.43. The number of halogens is 1. The fourth-order valence-corrected chi connectivity index (χ4v) is 2.87. The minimum atomic E-state index is -0.378. The van der Waals surface area contributed by atoms with E-state index in [1.54, 1.807) is 17.4 Å². The molecule has 1 N–H and O–H groups in total. The van der Waals surface area contributed by atoms with Gasteiger partial charge in [-0.05, 0) is 47.9 Å². The molecular formula is C14H15ClN2O2S. The van der Waals surface area contributed by atoms with Gasteiger partial charge in [0.15, 0.2) is 0 Å². The molecule has 20 heavy (non-hydrogen) atoms. The van der Waals surface area contributed by atoms with Crippen molar-refractivity contribution in [3.63, 3.8) is 0 Å². The second-order valence-electron chi connectivity index (χ2n) is 4.65. The third-order valence-electron chi connectivity index (χ3n) is 3.00. The Morgan fingerprint density at radius 3 is 2.90 bits per heavy atom. The van der Waals surface area contributed by atoms with Crippen LogP contribution in [0.25, 0.3) is 0 Å². The van der Waals surface area contributed by atoms with Crippen molar-refractivity contribution in [1.82, 2.24) is 5.32 Å². The van der Waals surface area contributed by atoms with Crippen molar-refractivity contribution in [3.8, 4) is 0 Å². The van der Waals surface area contributed by atoms with E-state index in [1.807, 2.05) is 5.38 Å². The minimum Gasteiger partial charge on any atom is -0.310 e. The van der Waals surface area contributed by atoms with Crippen molar-refractivity contribution >= 4 is 28.6 Å². The summed E-state index contributed by atoms with van der Waals surface area (Å²) in [5.41, 5.74) is 1.99. The Kier molecular flexibility index (Phi) is 5.11. The highest BCUT2D eigenvalue weighted by atomic mass is 35.5. The topological polar surface area (TPSA) is 55.2 Å². The first-order chi connectivity index (χ1) is 9.56. The number of benzene rings is 1. The molecule has 0 spiro atoms. The van der Waals surface area contributed by atoms with Gasteiger partial charge < -0.3 is 5.32 Å². The molecular weight excluding hydrogens is 296 g/mol. The summed E-state index contributed by atoms with van der Waals surface area (Å²) in [4.78, 5) is 10.6. The maximum absolute atomic E-state index is 11.0. The SMILES string of the molecule is CC(Cc1ccsc1)NCc1cc(Cl)ccc1[N+](=O)[O-]. The number of hydrogen-bond acceptors (Lipinski definition) is 4. The monoisotopic (exact) mass is 310 g/mol. The molecule has 0 aliphatic rings. The van der Waals surface area contributed by atoms with E-state index in [-0.39, 0.29) is 16.7 Å². The van der Waals surface area contributed by atoms with Crippen molar-refractivity contribution in [3.05, 3.63) is 61.3 Å². The molecule has 2 rings (SSSR count). The highest BCUT2D eigenvalue weighted by Gasteiger charge is 2.14. The van der Waals surface area contributed by atoms with Gasteiger partial charge in [-0.1, -0.05) is 11.6 Å². The molecule has 6 heteroatoms. The molecule has 1 heterocycles. The molecule has 1 aromatic heterocycles. The van der Waals surface area contributed by atoms with Gasteiger partial charge in [0.2, 0.25) is 0 Å². The zero-order valence-corrected chi connectivity index (χ0v) is 12.6. The number of nitrogens with one attached hydrogen (secondary N) is 1. The van der Waals surface area contributed by atoms with Gasteiger partial charge in [-0.2, -0.15) is 11.3 Å². The smallest absolute Gasteiger partial charge is 0.273 e. The van der Waals surface area contributed by atoms with Crippen LogP contribution in [0.15, 0.2) is 35.0 Å². The molecule has 0 saturated heterocycles. The summed E-state index contributed by atoms with van der Waals surface area (Å²) in [5.74, 6) is 0. The van der Waals surface area contributed by atoms with Gasteiger partial charge >= 0.3 is 0 Å². The molecule has 1 unspecified atom stereocenters. The lowest BCUT2D eigenvalue weighted by atomic mass is 10.1. The predicted octanol–water partition coefficient (Wildman–Crippen LogP) is 4.03. The van der Waals surface area contributed by atoms with E-state index in [4.69, 9.17) is 11.6 Å². The van der Waals surface area contributed by atoms with Crippen molar-refractivity contribution in [2.24, 2.45) is 0 Å². The summed E-state index contributed by atoms with van der Waals surface area (Å²) in [7, 11) is 0. The summed E-state index contributed by atoms with van der Waals surface area (Å²) in [6, 6.07) is 6.96. The predicted molar refractivity (Wildman–Crippen MR) is 82.4 cm³/mol. The van der Waals surface area contributed by atoms with E-state index < -0.39 is 0 Å². The maximum atomic E-state index is 11.0. The molecule has 0 aliphatic heterocycles. The summed E-state index contributed by atoms with van der Waals surface area (Å²) >= 11 is 7.57. The zero-order chi connectivity index (χ0) is 14.5. The Balaban J connectivity index is 1.99. The van der Waals surface area contributed by atoms with Gasteiger partial charge in [0.1, 0.15) is 0 Å². The van der Waals surface area contributed by atoms with E-state index in [0.717, 1.165) is 6.42 Å². The highest BCUT2D eigenvalue weighted by Crippen LogP contribution is 2.22. The molecule has 2 aromatic rings. The number of rotatable bonds is 6. The summed E-state index contributed by atoms with van der Waals surface area (Å²) < 4.78 is 0. The number of hydrogen-bond donors (Lipinski definition) is 1. The lowest BCUT2D eigenvalue weighted by Gasteiger charge is -2.13. The summed E-state index contributed by atoms with van der Waals surface area (Å²) in [6.45, 7) is 2.50. The van der Waals surface area contributed by atoms with Crippen LogP contribution in [-0.4, -0.2) is 11.0 Å². The molecule has 0 aliphatic carbocycles. The molecule has 0 fully saturated rings. The highest BCUT2D eigenvalue weighted by molar-refractivity contribution is 7.07. The largest absolute Gasteiger partial charge is 0.310 e. The fourth-order valence-electron chi connectivity index (χ4n) is 1.99. The second kappa shape index (κ2) is 6.83. The molecule has 0 radical (unpaired) electrons. The standard InChI is InChI=1S/C14H15ClN2O2S/c1-10(6-11-4-5-20-9-11)16-8-12-7-13(15)2-3-14(12)17(18)19/h2-5,7,9-10,16H,6,8H2,1H3. The van der Waals surface area contributed by atoms with Gasteiger partial charge in [-0.15, -0.1) is 0 Å². The van der Waals surface area contributed by atoms with Gasteiger partial charge in [0, 0.05) is 29.2 Å². The normalized spacial score (nSPS) is 12.3. The molecule has 0 saturated carbocycles. The molecule has 1 aromatic carbocycles. The van der Waals surface area contributed by atoms with E-state index in [9.17, 15) is 10.1 Å². The van der Waals surface area contributed by atoms with Crippen LogP contribution < -0.4 is 5.32 Å². The van der Waals surface area contributed by atoms with Gasteiger partial charge in [-0.3, -0.25) is 10.1 Å². The lowest BCUT2D eigenvalue weighted by Crippen LogP contribution is -2.27. The van der Waals surface area contributed by atoms with Crippen molar-refractivity contribution in [1.29, 1.82) is 0 Å². The first-order valence-electron chi connectivity index (χ1n) is 6.23. The second-order valence-corrected chi connectivity index (χ2v) is 5.86. The van der Waals surface area contributed by atoms with Crippen LogP contribution in [0.1, 0.15) is 18.1 Å². The Morgan fingerprint density at radius 1 is 1.45 bits per heavy atom. The van der Waals surface area contributed by atoms with Crippen LogP contribution in [0.2, 0.25) is 5.02 Å². The molecule has 0 amide bonds. The molecule has 4 nitrogen and oxygen atoms in total. The van der Waals surface area contributed by atoms with Crippen molar-refractivity contribution in [2.75, 3.05) is 0 Å². The number of nitrogens with zero attached hydrogens (tertiary/aromatic N) is 1. The Morgan fingerprint density at radius 2 is 2.25 bits per heavy atom. The van der Waals surface area contributed by atoms with E-state index in [0.29, 0.717) is 17.1 Å². The van der Waals surface area contributed by atoms with Crippen molar-refractivity contribution in [2.45, 2.75) is 25.9 Å². The van der Waals surface area contributed by atoms with Crippen LogP contribution in [0, 0.1) is 10.1 Å². The molecule has 1 atom stereocenters. The van der Waals surface area contributed by atoms with Gasteiger partial charge in [-0.25, -0.2) is 0 Å². The molecule has 106 valence electrons. The third kappa shape index (κ3) is 4.03. The third-order valence-corrected chi connectivity index (χ3v) is 3.97. The van der Waals surface area contributed by atoms with Gasteiger partial charge in [0.25, 0.3) is 5.69 Å². The number of thiophene rings is 1. The average molecular weight is 311 g/mol. The quantitative estimate of drug-likeness (QED) is 0.647. The van der Waals surface area contributed by atoms with E-state index in [1.165, 1.54) is 17.7 Å². The first-order valence-corrected chi connectivity index (χ1v) is 7.55. The zero-order valence-electron chi connectivity index (χ0n) is 11.0. The van der Waals surface area contributed by atoms with Crippen LogP contribution in [-0.2, 0) is 13.0 Å². The molecule has 0 bridgehead atoms. The number of nitro benzene ring substituents is 1. The summed E-state index contributed by atoms with van der Waals surface area (Å²) in [5, 5.41) is 18.9. The van der Waals surface area contributed by atoms with Gasteiger partial charge in [0.05, 0.1) is 4.92 Å². The summed E-state index contributed by atoms with van der Waals surface area (Å²) in [6.07, 6.45) is 0.901. The van der Waals surface area contributed by atoms with E-state index in [2.05, 4.69) is 23.7 Å². The average Bonchev–Trinajstić information content (AvgIpc) is 2.89. The lowest BCUT2D eigenvalue weighted by molar-refractivity contribution is -0.385. The maximum Gasteiger partial charge on any atom is 0.273 e. The van der Waals surface area contributed by atoms with Crippen LogP contribution in [0.4, 0.5) is 5.69 Å². The first kappa shape index (κ1) is 15.0. The fraction of sp³-hybridized carbons (Fsp3) is 0.286. The number of nitro groups is 1. The van der Waals surface area contributed by atoms with Crippen LogP contribution >= 0.6 is 22.9 Å². The Labute approximate surface area is 126 Å². The van der Waals surface area contributed by atoms with E-state index >= 15 is 0 Å².